The number of rotatable bonds is 8. The molecule has 0 spiro atoms. The third-order valence-electron chi connectivity index (χ3n) is 7.67. The molecule has 0 aliphatic carbocycles. The van der Waals surface area contributed by atoms with E-state index in [9.17, 15) is 4.79 Å². The topological polar surface area (TPSA) is 28.0 Å². The van der Waals surface area contributed by atoms with Gasteiger partial charge < -0.3 is 9.30 Å². The molecule has 1 aromatic carbocycles. The van der Waals surface area contributed by atoms with Crippen LogP contribution in [0.4, 0.5) is 0 Å². The van der Waals surface area contributed by atoms with Gasteiger partial charge in [-0.15, -0.1) is 12.4 Å². The van der Waals surface area contributed by atoms with Gasteiger partial charge in [-0.25, -0.2) is 0 Å². The lowest BCUT2D eigenvalue weighted by Gasteiger charge is -2.42. The van der Waals surface area contributed by atoms with Crippen molar-refractivity contribution in [2.75, 3.05) is 26.7 Å². The zero-order valence-electron chi connectivity index (χ0n) is 21.3. The second kappa shape index (κ2) is 11.5. The number of fused-ring (bicyclic) bond motifs is 1. The van der Waals surface area contributed by atoms with Crippen molar-refractivity contribution in [2.45, 2.75) is 65.0 Å². The molecule has 0 amide bonds. The molecule has 1 saturated heterocycles. The number of benzene rings is 1. The number of hydrogen-bond donors (Lipinski definition) is 0. The fourth-order valence-corrected chi connectivity index (χ4v) is 5.14. The molecule has 3 atom stereocenters. The van der Waals surface area contributed by atoms with Crippen molar-refractivity contribution >= 4 is 23.7 Å². The van der Waals surface area contributed by atoms with Crippen LogP contribution in [0.5, 0.6) is 0 Å². The molecule has 5 heteroatoms. The van der Waals surface area contributed by atoms with Gasteiger partial charge in [-0.2, -0.15) is 0 Å². The van der Waals surface area contributed by atoms with Crippen LogP contribution in [0.3, 0.4) is 0 Å². The first kappa shape index (κ1) is 26.5. The highest BCUT2D eigenvalue weighted by Crippen LogP contribution is 2.28. The quantitative estimate of drug-likeness (QED) is 0.366. The summed E-state index contributed by atoms with van der Waals surface area (Å²) in [5.74, 6) is 0.523. The molecule has 1 fully saturated rings. The smallest absolute Gasteiger partial charge is 0.209 e. The Morgan fingerprint density at radius 3 is 2.38 bits per heavy atom. The molecule has 3 heterocycles. The van der Waals surface area contributed by atoms with E-state index in [1.54, 1.807) is 0 Å². The molecule has 0 N–H and O–H groups in total. The molecule has 4 rings (SSSR count). The van der Waals surface area contributed by atoms with Gasteiger partial charge in [0.25, 0.3) is 0 Å². The van der Waals surface area contributed by atoms with E-state index in [4.69, 9.17) is 0 Å². The number of pyridine rings is 1. The van der Waals surface area contributed by atoms with E-state index in [1.165, 1.54) is 11.1 Å². The number of halogens is 1. The van der Waals surface area contributed by atoms with Gasteiger partial charge in [0, 0.05) is 42.5 Å². The van der Waals surface area contributed by atoms with Crippen LogP contribution in [0.25, 0.3) is 5.52 Å². The van der Waals surface area contributed by atoms with E-state index in [0.717, 1.165) is 55.7 Å². The SMILES string of the molecule is CCC(C)c1cc(C(=O)c2ccc(CCCN3C[C@@H](C)N(C)[C@@H](C)C3)cc2)n2ccccc12.Cl. The Morgan fingerprint density at radius 2 is 1.74 bits per heavy atom. The fraction of sp³-hybridized carbons (Fsp3) is 0.483. The third-order valence-corrected chi connectivity index (χ3v) is 7.67. The van der Waals surface area contributed by atoms with Crippen LogP contribution in [-0.2, 0) is 6.42 Å². The first-order valence-corrected chi connectivity index (χ1v) is 12.6. The Bertz CT molecular complexity index is 1080. The second-order valence-electron chi connectivity index (χ2n) is 10.0. The minimum Gasteiger partial charge on any atom is -0.313 e. The maximum Gasteiger partial charge on any atom is 0.209 e. The van der Waals surface area contributed by atoms with Crippen LogP contribution in [0, 0.1) is 0 Å². The minimum absolute atomic E-state index is 0. The van der Waals surface area contributed by atoms with Gasteiger partial charge >= 0.3 is 0 Å². The summed E-state index contributed by atoms with van der Waals surface area (Å²) in [6.07, 6.45) is 5.26. The molecule has 2 aromatic heterocycles. The number of aromatic nitrogens is 1. The molecule has 1 aliphatic rings. The molecule has 0 radical (unpaired) electrons. The van der Waals surface area contributed by atoms with Crippen LogP contribution >= 0.6 is 12.4 Å². The number of likely N-dealkylation sites (N-methyl/N-ethyl adjacent to an activating group) is 1. The highest BCUT2D eigenvalue weighted by molar-refractivity contribution is 6.09. The molecule has 1 aliphatic heterocycles. The zero-order chi connectivity index (χ0) is 23.5. The first-order chi connectivity index (χ1) is 15.9. The Hall–Kier alpha value is -2.14. The van der Waals surface area contributed by atoms with Crippen molar-refractivity contribution in [3.05, 3.63) is 77.1 Å². The summed E-state index contributed by atoms with van der Waals surface area (Å²) in [4.78, 5) is 18.4. The number of nitrogens with zero attached hydrogens (tertiary/aromatic N) is 3. The Kier molecular flexibility index (Phi) is 8.97. The lowest BCUT2D eigenvalue weighted by atomic mass is 9.98. The van der Waals surface area contributed by atoms with Crippen molar-refractivity contribution < 1.29 is 4.79 Å². The summed E-state index contributed by atoms with van der Waals surface area (Å²) >= 11 is 0. The van der Waals surface area contributed by atoms with E-state index < -0.39 is 0 Å². The van der Waals surface area contributed by atoms with E-state index >= 15 is 0 Å². The van der Waals surface area contributed by atoms with Gasteiger partial charge in [-0.05, 0) is 81.9 Å². The molecule has 1 unspecified atom stereocenters. The number of aryl methyl sites for hydroxylation is 1. The van der Waals surface area contributed by atoms with Crippen molar-refractivity contribution in [1.82, 2.24) is 14.2 Å². The minimum atomic E-state index is 0. The normalized spacial score (nSPS) is 20.3. The number of piperazine rings is 1. The number of carbonyl (C=O) groups is 1. The van der Waals surface area contributed by atoms with Gasteiger partial charge in [-0.3, -0.25) is 9.69 Å². The lowest BCUT2D eigenvalue weighted by molar-refractivity contribution is 0.0595. The van der Waals surface area contributed by atoms with Gasteiger partial charge in [-0.1, -0.05) is 44.2 Å². The molecule has 4 nitrogen and oxygen atoms in total. The van der Waals surface area contributed by atoms with Crippen LogP contribution < -0.4 is 0 Å². The predicted molar refractivity (Wildman–Crippen MR) is 145 cm³/mol. The summed E-state index contributed by atoms with van der Waals surface area (Å²) in [6, 6.07) is 17.8. The highest BCUT2D eigenvalue weighted by Gasteiger charge is 2.25. The number of hydrogen-bond acceptors (Lipinski definition) is 3. The van der Waals surface area contributed by atoms with Crippen LogP contribution in [0.2, 0.25) is 0 Å². The second-order valence-corrected chi connectivity index (χ2v) is 10.0. The first-order valence-electron chi connectivity index (χ1n) is 12.6. The third kappa shape index (κ3) is 5.56. The molecule has 0 bridgehead atoms. The van der Waals surface area contributed by atoms with Crippen molar-refractivity contribution in [2.24, 2.45) is 0 Å². The van der Waals surface area contributed by atoms with Crippen LogP contribution in [0.1, 0.15) is 73.6 Å². The van der Waals surface area contributed by atoms with Gasteiger partial charge in [0.1, 0.15) is 0 Å². The molecular weight excluding hydrogens is 442 g/mol. The predicted octanol–water partition coefficient (Wildman–Crippen LogP) is 6.06. The summed E-state index contributed by atoms with van der Waals surface area (Å²) in [5, 5.41) is 0. The van der Waals surface area contributed by atoms with Crippen LogP contribution in [0.15, 0.2) is 54.7 Å². The van der Waals surface area contributed by atoms with Gasteiger partial charge in [0.2, 0.25) is 5.78 Å². The maximum absolute atomic E-state index is 13.4. The average molecular weight is 482 g/mol. The summed E-state index contributed by atoms with van der Waals surface area (Å²) < 4.78 is 2.05. The van der Waals surface area contributed by atoms with Crippen molar-refractivity contribution in [3.8, 4) is 0 Å². The Balaban J connectivity index is 0.00000324. The van der Waals surface area contributed by atoms with E-state index in [0.29, 0.717) is 18.0 Å². The summed E-state index contributed by atoms with van der Waals surface area (Å²) in [6.45, 7) is 12.5. The lowest BCUT2D eigenvalue weighted by Crippen LogP contribution is -2.54. The van der Waals surface area contributed by atoms with Crippen molar-refractivity contribution in [3.63, 3.8) is 0 Å². The van der Waals surface area contributed by atoms with E-state index in [1.807, 2.05) is 30.5 Å². The summed E-state index contributed by atoms with van der Waals surface area (Å²) in [7, 11) is 2.23. The molecule has 0 saturated carbocycles. The monoisotopic (exact) mass is 481 g/mol. The van der Waals surface area contributed by atoms with E-state index in [-0.39, 0.29) is 18.2 Å². The number of carbonyl (C=O) groups excluding carboxylic acids is 1. The number of ketones is 1. The maximum atomic E-state index is 13.4. The van der Waals surface area contributed by atoms with E-state index in [2.05, 4.69) is 73.2 Å². The molecule has 34 heavy (non-hydrogen) atoms. The van der Waals surface area contributed by atoms with Gasteiger partial charge in [0.05, 0.1) is 5.69 Å². The average Bonchev–Trinajstić information content (AvgIpc) is 3.22. The highest BCUT2D eigenvalue weighted by atomic mass is 35.5. The largest absolute Gasteiger partial charge is 0.313 e. The molecule has 3 aromatic rings. The Morgan fingerprint density at radius 1 is 1.06 bits per heavy atom. The molecular formula is C29H40ClN3O. The standard InChI is InChI=1S/C29H39N3O.ClH/c1-6-21(2)26-18-28(32-17-8-7-11-27(26)32)29(33)25-14-12-24(13-15-25)10-9-16-31-19-22(3)30(5)23(4)20-31;/h7-8,11-15,17-18,21-23H,6,9-10,16,19-20H2,1-5H3;1H/t21?,22-,23+;. The van der Waals surface area contributed by atoms with Crippen molar-refractivity contribution in [1.29, 1.82) is 0 Å². The Labute approximate surface area is 211 Å². The van der Waals surface area contributed by atoms with Gasteiger partial charge in [0.15, 0.2) is 0 Å². The zero-order valence-corrected chi connectivity index (χ0v) is 22.1. The fourth-order valence-electron chi connectivity index (χ4n) is 5.14. The molecule has 184 valence electrons. The summed E-state index contributed by atoms with van der Waals surface area (Å²) in [5.41, 5.74) is 5.22. The van der Waals surface area contributed by atoms with Crippen LogP contribution in [-0.4, -0.2) is 58.7 Å².